The number of nitrogens with one attached hydrogen (secondary N) is 1. The van der Waals surface area contributed by atoms with Gasteiger partial charge >= 0.3 is 0 Å². The van der Waals surface area contributed by atoms with Gasteiger partial charge in [-0.05, 0) is 31.3 Å². The Hall–Kier alpha value is -1.70. The molecule has 1 aliphatic rings. The molecule has 0 unspecified atom stereocenters. The van der Waals surface area contributed by atoms with Gasteiger partial charge in [0.2, 0.25) is 5.89 Å². The SMILES string of the molecule is Cc1oc(-c2cccs2)nc1C(=O)NCCCN1CCOCC1. The molecule has 0 atom stereocenters. The van der Waals surface area contributed by atoms with Gasteiger partial charge in [-0.25, -0.2) is 4.98 Å². The third kappa shape index (κ3) is 4.19. The van der Waals surface area contributed by atoms with Crippen molar-refractivity contribution in [2.45, 2.75) is 13.3 Å². The highest BCUT2D eigenvalue weighted by Crippen LogP contribution is 2.25. The quantitative estimate of drug-likeness (QED) is 0.820. The molecule has 0 aliphatic carbocycles. The summed E-state index contributed by atoms with van der Waals surface area (Å²) in [6.45, 7) is 6.93. The number of hydrogen-bond acceptors (Lipinski definition) is 6. The van der Waals surface area contributed by atoms with Crippen molar-refractivity contribution in [1.29, 1.82) is 0 Å². The number of morpholine rings is 1. The van der Waals surface area contributed by atoms with Crippen LogP contribution in [0.2, 0.25) is 0 Å². The molecule has 0 saturated carbocycles. The second kappa shape index (κ2) is 7.72. The number of rotatable bonds is 6. The van der Waals surface area contributed by atoms with Crippen LogP contribution in [-0.4, -0.2) is 55.2 Å². The van der Waals surface area contributed by atoms with Crippen LogP contribution in [-0.2, 0) is 4.74 Å². The number of oxazole rings is 1. The Labute approximate surface area is 139 Å². The second-order valence-electron chi connectivity index (χ2n) is 5.46. The Morgan fingerprint density at radius 2 is 2.26 bits per heavy atom. The Kier molecular flexibility index (Phi) is 5.43. The zero-order chi connectivity index (χ0) is 16.1. The molecule has 6 nitrogen and oxygen atoms in total. The number of hydrogen-bond donors (Lipinski definition) is 1. The van der Waals surface area contributed by atoms with E-state index in [9.17, 15) is 4.79 Å². The van der Waals surface area contributed by atoms with Crippen molar-refractivity contribution in [3.63, 3.8) is 0 Å². The highest BCUT2D eigenvalue weighted by Gasteiger charge is 2.18. The maximum absolute atomic E-state index is 12.2. The van der Waals surface area contributed by atoms with Crippen LogP contribution in [0.1, 0.15) is 22.7 Å². The first-order valence-electron chi connectivity index (χ1n) is 7.83. The van der Waals surface area contributed by atoms with E-state index in [0.717, 1.165) is 44.1 Å². The predicted octanol–water partition coefficient (Wildman–Crippen LogP) is 2.16. The smallest absolute Gasteiger partial charge is 0.273 e. The molecule has 0 radical (unpaired) electrons. The van der Waals surface area contributed by atoms with Gasteiger partial charge in [0.25, 0.3) is 5.91 Å². The van der Waals surface area contributed by atoms with Crippen LogP contribution in [0.25, 0.3) is 10.8 Å². The van der Waals surface area contributed by atoms with Crippen molar-refractivity contribution in [3.8, 4) is 10.8 Å². The lowest BCUT2D eigenvalue weighted by molar-refractivity contribution is 0.0374. The Morgan fingerprint density at radius 3 is 3.00 bits per heavy atom. The highest BCUT2D eigenvalue weighted by atomic mass is 32.1. The van der Waals surface area contributed by atoms with E-state index in [4.69, 9.17) is 9.15 Å². The van der Waals surface area contributed by atoms with Gasteiger partial charge in [0.1, 0.15) is 5.76 Å². The van der Waals surface area contributed by atoms with Crippen LogP contribution >= 0.6 is 11.3 Å². The lowest BCUT2D eigenvalue weighted by Crippen LogP contribution is -2.38. The summed E-state index contributed by atoms with van der Waals surface area (Å²) in [5.41, 5.74) is 0.375. The van der Waals surface area contributed by atoms with E-state index in [1.54, 1.807) is 18.3 Å². The van der Waals surface area contributed by atoms with Crippen molar-refractivity contribution in [2.75, 3.05) is 39.4 Å². The van der Waals surface area contributed by atoms with Gasteiger partial charge in [0.05, 0.1) is 18.1 Å². The van der Waals surface area contributed by atoms with E-state index < -0.39 is 0 Å². The Balaban J connectivity index is 1.48. The van der Waals surface area contributed by atoms with Crippen molar-refractivity contribution < 1.29 is 13.9 Å². The first kappa shape index (κ1) is 16.2. The topological polar surface area (TPSA) is 67.6 Å². The monoisotopic (exact) mass is 335 g/mol. The Bertz CT molecular complexity index is 633. The van der Waals surface area contributed by atoms with E-state index in [1.165, 1.54) is 0 Å². The molecule has 0 bridgehead atoms. The van der Waals surface area contributed by atoms with E-state index >= 15 is 0 Å². The second-order valence-corrected chi connectivity index (χ2v) is 6.41. The molecule has 0 spiro atoms. The molecule has 3 heterocycles. The molecule has 1 N–H and O–H groups in total. The number of nitrogens with zero attached hydrogens (tertiary/aromatic N) is 2. The van der Waals surface area contributed by atoms with E-state index in [1.807, 2.05) is 17.5 Å². The first-order chi connectivity index (χ1) is 11.2. The van der Waals surface area contributed by atoms with E-state index in [2.05, 4.69) is 15.2 Å². The molecule has 3 rings (SSSR count). The fourth-order valence-corrected chi connectivity index (χ4v) is 3.17. The fraction of sp³-hybridized carbons (Fsp3) is 0.500. The zero-order valence-electron chi connectivity index (χ0n) is 13.2. The Morgan fingerprint density at radius 1 is 1.43 bits per heavy atom. The number of thiophene rings is 1. The van der Waals surface area contributed by atoms with Crippen LogP contribution in [0.15, 0.2) is 21.9 Å². The summed E-state index contributed by atoms with van der Waals surface area (Å²) in [6, 6.07) is 3.87. The largest absolute Gasteiger partial charge is 0.440 e. The zero-order valence-corrected chi connectivity index (χ0v) is 14.0. The number of aryl methyl sites for hydroxylation is 1. The maximum Gasteiger partial charge on any atom is 0.273 e. The molecule has 0 aromatic carbocycles. The summed E-state index contributed by atoms with van der Waals surface area (Å²) in [5, 5.41) is 4.88. The molecule has 2 aromatic rings. The van der Waals surface area contributed by atoms with Gasteiger partial charge in [0, 0.05) is 19.6 Å². The number of ether oxygens (including phenoxy) is 1. The van der Waals surface area contributed by atoms with E-state index in [0.29, 0.717) is 23.9 Å². The summed E-state index contributed by atoms with van der Waals surface area (Å²) < 4.78 is 10.9. The molecule has 1 saturated heterocycles. The third-order valence-electron chi connectivity index (χ3n) is 3.78. The van der Waals surface area contributed by atoms with Gasteiger partial charge in [-0.3, -0.25) is 9.69 Å². The molecule has 1 fully saturated rings. The van der Waals surface area contributed by atoms with Crippen LogP contribution in [0.4, 0.5) is 0 Å². The number of carbonyl (C=O) groups excluding carboxylic acids is 1. The average Bonchev–Trinajstić information content (AvgIpc) is 3.21. The predicted molar refractivity (Wildman–Crippen MR) is 88.8 cm³/mol. The van der Waals surface area contributed by atoms with Gasteiger partial charge in [-0.2, -0.15) is 0 Å². The van der Waals surface area contributed by atoms with Crippen LogP contribution in [0.3, 0.4) is 0 Å². The molecule has 1 aliphatic heterocycles. The molecule has 1 amide bonds. The summed E-state index contributed by atoms with van der Waals surface area (Å²) in [4.78, 5) is 19.8. The molecule has 124 valence electrons. The van der Waals surface area contributed by atoms with Crippen molar-refractivity contribution in [2.24, 2.45) is 0 Å². The lowest BCUT2D eigenvalue weighted by Gasteiger charge is -2.26. The highest BCUT2D eigenvalue weighted by molar-refractivity contribution is 7.13. The lowest BCUT2D eigenvalue weighted by atomic mass is 10.3. The number of carbonyl (C=O) groups is 1. The summed E-state index contributed by atoms with van der Waals surface area (Å²) >= 11 is 1.54. The van der Waals surface area contributed by atoms with Crippen molar-refractivity contribution >= 4 is 17.2 Å². The molecule has 7 heteroatoms. The van der Waals surface area contributed by atoms with Crippen LogP contribution in [0, 0.1) is 6.92 Å². The minimum Gasteiger partial charge on any atom is -0.440 e. The summed E-state index contributed by atoms with van der Waals surface area (Å²) in [7, 11) is 0. The summed E-state index contributed by atoms with van der Waals surface area (Å²) in [5.74, 6) is 0.895. The van der Waals surface area contributed by atoms with Gasteiger partial charge < -0.3 is 14.5 Å². The van der Waals surface area contributed by atoms with Crippen LogP contribution in [0.5, 0.6) is 0 Å². The standard InChI is InChI=1S/C16H21N3O3S/c1-12-14(18-16(22-12)13-4-2-11-23-13)15(20)17-5-3-6-19-7-9-21-10-8-19/h2,4,11H,3,5-10H2,1H3,(H,17,20). The number of amides is 1. The average molecular weight is 335 g/mol. The van der Waals surface area contributed by atoms with E-state index in [-0.39, 0.29) is 5.91 Å². The fourth-order valence-electron chi connectivity index (χ4n) is 2.53. The minimum atomic E-state index is -0.170. The summed E-state index contributed by atoms with van der Waals surface area (Å²) in [6.07, 6.45) is 0.917. The van der Waals surface area contributed by atoms with Gasteiger partial charge in [0.15, 0.2) is 5.69 Å². The first-order valence-corrected chi connectivity index (χ1v) is 8.71. The normalized spacial score (nSPS) is 15.7. The van der Waals surface area contributed by atoms with Gasteiger partial charge in [-0.1, -0.05) is 6.07 Å². The number of aromatic nitrogens is 1. The van der Waals surface area contributed by atoms with Crippen molar-refractivity contribution in [1.82, 2.24) is 15.2 Å². The molecular weight excluding hydrogens is 314 g/mol. The maximum atomic E-state index is 12.2. The van der Waals surface area contributed by atoms with Crippen molar-refractivity contribution in [3.05, 3.63) is 29.0 Å². The minimum absolute atomic E-state index is 0.170. The third-order valence-corrected chi connectivity index (χ3v) is 4.64. The molecule has 23 heavy (non-hydrogen) atoms. The molecular formula is C16H21N3O3S. The van der Waals surface area contributed by atoms with Crippen LogP contribution < -0.4 is 5.32 Å². The molecule has 2 aromatic heterocycles. The van der Waals surface area contributed by atoms with Gasteiger partial charge in [-0.15, -0.1) is 11.3 Å².